The van der Waals surface area contributed by atoms with Gasteiger partial charge in [-0.2, -0.15) is 0 Å². The Morgan fingerprint density at radius 2 is 0.773 bits per heavy atom. The molecule has 0 aromatic heterocycles. The zero-order valence-corrected chi connectivity index (χ0v) is 25.7. The summed E-state index contributed by atoms with van der Waals surface area (Å²) in [6.45, 7) is 7.56. The van der Waals surface area contributed by atoms with Crippen LogP contribution in [-0.4, -0.2) is 150 Å². The van der Waals surface area contributed by atoms with Crippen LogP contribution < -0.4 is 0 Å². The van der Waals surface area contributed by atoms with Crippen molar-refractivity contribution in [2.24, 2.45) is 0 Å². The van der Waals surface area contributed by atoms with Crippen LogP contribution in [0.4, 0.5) is 0 Å². The molecule has 252 valence electrons. The molecule has 0 atom stereocenters. The first-order valence-corrected chi connectivity index (χ1v) is 14.7. The van der Waals surface area contributed by atoms with Gasteiger partial charge >= 0.3 is 11.9 Å². The Hall–Kier alpha value is -2.53. The summed E-state index contributed by atoms with van der Waals surface area (Å²) in [6.07, 6.45) is 0.236. The highest BCUT2D eigenvalue weighted by Gasteiger charge is 2.17. The van der Waals surface area contributed by atoms with Gasteiger partial charge in [-0.15, -0.1) is 0 Å². The molecule has 0 radical (unpaired) electrons. The summed E-state index contributed by atoms with van der Waals surface area (Å²) >= 11 is 0. The van der Waals surface area contributed by atoms with Gasteiger partial charge in [-0.3, -0.25) is 9.59 Å². The first kappa shape index (κ1) is 39.5. The lowest BCUT2D eigenvalue weighted by Crippen LogP contribution is -2.20. The van der Waals surface area contributed by atoms with Crippen molar-refractivity contribution in [1.29, 1.82) is 0 Å². The maximum absolute atomic E-state index is 11.9. The molecule has 1 rings (SSSR count). The summed E-state index contributed by atoms with van der Waals surface area (Å²) in [6, 6.07) is 8.24. The Kier molecular flexibility index (Phi) is 27.4. The molecular weight excluding hydrogens is 584 g/mol. The van der Waals surface area contributed by atoms with Gasteiger partial charge < -0.3 is 52.1 Å². The normalized spacial score (nSPS) is 11.0. The van der Waals surface area contributed by atoms with Crippen molar-refractivity contribution in [3.05, 3.63) is 35.9 Å². The van der Waals surface area contributed by atoms with Gasteiger partial charge in [0.15, 0.2) is 0 Å². The molecule has 0 N–H and O–H groups in total. The smallest absolute Gasteiger partial charge is 0.379 e. The van der Waals surface area contributed by atoms with E-state index in [1.165, 1.54) is 7.11 Å². The van der Waals surface area contributed by atoms with Crippen molar-refractivity contribution in [2.45, 2.75) is 6.42 Å². The summed E-state index contributed by atoms with van der Waals surface area (Å²) in [5.74, 6) is -1.87. The van der Waals surface area contributed by atoms with E-state index in [0.717, 1.165) is 0 Å². The fraction of sp³-hybridized carbons (Fsp3) is 0.700. The number of carbonyl (C=O) groups excluding carboxylic acids is 3. The van der Waals surface area contributed by atoms with Crippen molar-refractivity contribution in [1.82, 2.24) is 0 Å². The highest BCUT2D eigenvalue weighted by Crippen LogP contribution is 2.01. The molecule has 0 aliphatic rings. The van der Waals surface area contributed by atoms with E-state index < -0.39 is 11.8 Å². The Morgan fingerprint density at radius 1 is 0.455 bits per heavy atom. The highest BCUT2D eigenvalue weighted by molar-refractivity contribution is 6.40. The van der Waals surface area contributed by atoms with Crippen molar-refractivity contribution in [3.8, 4) is 0 Å². The second kappa shape index (κ2) is 30.5. The van der Waals surface area contributed by atoms with E-state index in [9.17, 15) is 14.4 Å². The number of hydrogen-bond donors (Lipinski definition) is 0. The minimum absolute atomic E-state index is 0.00600. The van der Waals surface area contributed by atoms with Crippen LogP contribution in [0.1, 0.15) is 16.8 Å². The van der Waals surface area contributed by atoms with Crippen molar-refractivity contribution < 1.29 is 66.5 Å². The minimum atomic E-state index is -0.901. The monoisotopic (exact) mass is 632 g/mol. The summed E-state index contributed by atoms with van der Waals surface area (Å²) < 4.78 is 57.9. The second-order valence-electron chi connectivity index (χ2n) is 8.67. The van der Waals surface area contributed by atoms with Crippen LogP contribution in [0, 0.1) is 0 Å². The predicted molar refractivity (Wildman–Crippen MR) is 156 cm³/mol. The third-order valence-corrected chi connectivity index (χ3v) is 5.34. The van der Waals surface area contributed by atoms with E-state index in [4.69, 9.17) is 47.4 Å². The predicted octanol–water partition coefficient (Wildman–Crippen LogP) is 1.13. The molecule has 0 saturated heterocycles. The zero-order valence-electron chi connectivity index (χ0n) is 25.7. The largest absolute Gasteiger partial charge is 0.469 e. The lowest BCUT2D eigenvalue weighted by Gasteiger charge is -2.09. The number of benzene rings is 1. The van der Waals surface area contributed by atoms with Crippen LogP contribution in [0.15, 0.2) is 30.3 Å². The second-order valence-corrected chi connectivity index (χ2v) is 8.67. The number of methoxy groups -OCH3 is 1. The number of Topliss-reactive ketones (excluding diaryl/α,β-unsaturated/α-hetero) is 1. The van der Waals surface area contributed by atoms with E-state index in [-0.39, 0.29) is 25.6 Å². The average Bonchev–Trinajstić information content (AvgIpc) is 3.05. The van der Waals surface area contributed by atoms with Gasteiger partial charge in [0.05, 0.1) is 132 Å². The lowest BCUT2D eigenvalue weighted by molar-refractivity contribution is -0.142. The number of carbonyl (C=O) groups is 3. The van der Waals surface area contributed by atoms with Crippen molar-refractivity contribution >= 4 is 17.7 Å². The quantitative estimate of drug-likeness (QED) is 0.0483. The molecule has 0 heterocycles. The summed E-state index contributed by atoms with van der Waals surface area (Å²) in [5.41, 5.74) is 0.292. The van der Waals surface area contributed by atoms with E-state index >= 15 is 0 Å². The van der Waals surface area contributed by atoms with E-state index in [1.807, 2.05) is 0 Å². The minimum Gasteiger partial charge on any atom is -0.469 e. The molecule has 14 heteroatoms. The molecule has 1 aromatic rings. The van der Waals surface area contributed by atoms with Gasteiger partial charge in [-0.1, -0.05) is 30.3 Å². The standard InChI is InChI=1S/C30H48O14/c1-34-28(31)7-8-35-9-10-36-11-12-37-13-14-38-15-16-39-17-18-40-19-20-41-21-22-42-23-24-43-25-26-44-30(33)29(32)27-5-3-2-4-6-27/h2-6H,7-26H2,1H3. The number of hydrogen-bond acceptors (Lipinski definition) is 14. The SMILES string of the molecule is COC(=O)CCOCCOCCOCCOCCOCCOCCOCCOCCOCCOC(=O)C(=O)c1ccccc1. The molecule has 0 aliphatic heterocycles. The van der Waals surface area contributed by atoms with Crippen LogP contribution in [0.5, 0.6) is 0 Å². The van der Waals surface area contributed by atoms with E-state index in [1.54, 1.807) is 30.3 Å². The summed E-state index contributed by atoms with van der Waals surface area (Å²) in [4.78, 5) is 34.5. The van der Waals surface area contributed by atoms with Gasteiger partial charge in [-0.05, 0) is 0 Å². The number of ether oxygens (including phenoxy) is 11. The first-order chi connectivity index (χ1) is 21.6. The molecular formula is C30H48O14. The van der Waals surface area contributed by atoms with Crippen molar-refractivity contribution in [3.63, 3.8) is 0 Å². The maximum Gasteiger partial charge on any atom is 0.379 e. The van der Waals surface area contributed by atoms with Crippen LogP contribution in [0.2, 0.25) is 0 Å². The Balaban J connectivity index is 1.68. The molecule has 0 bridgehead atoms. The van der Waals surface area contributed by atoms with Gasteiger partial charge in [0.25, 0.3) is 5.78 Å². The molecule has 44 heavy (non-hydrogen) atoms. The zero-order chi connectivity index (χ0) is 31.8. The first-order valence-electron chi connectivity index (χ1n) is 14.7. The van der Waals surface area contributed by atoms with Crippen molar-refractivity contribution in [2.75, 3.05) is 133 Å². The molecule has 1 aromatic carbocycles. The lowest BCUT2D eigenvalue weighted by atomic mass is 10.1. The summed E-state index contributed by atoms with van der Waals surface area (Å²) in [5, 5.41) is 0. The molecule has 0 amide bonds. The number of rotatable bonds is 32. The molecule has 14 nitrogen and oxygen atoms in total. The Labute approximate surface area is 259 Å². The van der Waals surface area contributed by atoms with Crippen LogP contribution in [-0.2, 0) is 61.7 Å². The molecule has 0 fully saturated rings. The Bertz CT molecular complexity index is 823. The van der Waals surface area contributed by atoms with Gasteiger partial charge in [-0.25, -0.2) is 4.79 Å². The molecule has 0 spiro atoms. The fourth-order valence-corrected chi connectivity index (χ4v) is 3.09. The molecule has 0 unspecified atom stereocenters. The average molecular weight is 633 g/mol. The van der Waals surface area contributed by atoms with Crippen LogP contribution in [0.3, 0.4) is 0 Å². The van der Waals surface area contributed by atoms with Crippen LogP contribution in [0.25, 0.3) is 0 Å². The van der Waals surface area contributed by atoms with Crippen LogP contribution >= 0.6 is 0 Å². The third kappa shape index (κ3) is 24.9. The van der Waals surface area contributed by atoms with Gasteiger partial charge in [0.2, 0.25) is 0 Å². The molecule has 0 aliphatic carbocycles. The van der Waals surface area contributed by atoms with E-state index in [0.29, 0.717) is 118 Å². The third-order valence-electron chi connectivity index (χ3n) is 5.34. The number of esters is 2. The highest BCUT2D eigenvalue weighted by atomic mass is 16.6. The maximum atomic E-state index is 11.9. The fourth-order valence-electron chi connectivity index (χ4n) is 3.09. The van der Waals surface area contributed by atoms with Gasteiger partial charge in [0.1, 0.15) is 6.61 Å². The van der Waals surface area contributed by atoms with Gasteiger partial charge in [0, 0.05) is 5.56 Å². The summed E-state index contributed by atoms with van der Waals surface area (Å²) in [7, 11) is 1.35. The Morgan fingerprint density at radius 3 is 1.11 bits per heavy atom. The topological polar surface area (TPSA) is 153 Å². The number of ketones is 1. The van der Waals surface area contributed by atoms with E-state index in [2.05, 4.69) is 4.74 Å². The molecule has 0 saturated carbocycles.